The number of pyridine rings is 1. The van der Waals surface area contributed by atoms with Crippen molar-refractivity contribution in [3.63, 3.8) is 0 Å². The number of nitrogens with zero attached hydrogens (tertiary/aromatic N) is 2. The van der Waals surface area contributed by atoms with Crippen molar-refractivity contribution in [2.45, 2.75) is 45.5 Å². The molecular weight excluding hydrogens is 439 g/mol. The highest BCUT2D eigenvalue weighted by molar-refractivity contribution is 6.03. The first-order valence-electron chi connectivity index (χ1n) is 10.4. The van der Waals surface area contributed by atoms with Gasteiger partial charge < -0.3 is 20.1 Å². The zero-order valence-electron chi connectivity index (χ0n) is 18.8. The Morgan fingerprint density at radius 2 is 1.97 bits per heavy atom. The minimum atomic E-state index is -4.72. The number of benzene rings is 1. The topological polar surface area (TPSA) is 94.8 Å². The summed E-state index contributed by atoms with van der Waals surface area (Å²) in [5.41, 5.74) is 4.33. The van der Waals surface area contributed by atoms with Gasteiger partial charge in [0, 0.05) is 13.2 Å². The molecule has 0 fully saturated rings. The van der Waals surface area contributed by atoms with Crippen LogP contribution in [0.5, 0.6) is 5.75 Å². The SMILES string of the molecule is CC(C)CC(C)(COc1ccc(-c2ccnc3c2C(=O)N(C)C3)cc1C(F)(F)F)OC(N)=O. The molecule has 2 amide bonds. The van der Waals surface area contributed by atoms with Crippen LogP contribution >= 0.6 is 0 Å². The van der Waals surface area contributed by atoms with E-state index < -0.39 is 29.2 Å². The van der Waals surface area contributed by atoms with Crippen LogP contribution in [0.3, 0.4) is 0 Å². The standard InChI is InChI=1S/C23H26F3N3O4/c1-13(2)10-22(3,33-21(27)31)12-32-18-6-5-14(9-16(18)23(24,25)26)15-7-8-28-17-11-29(4)20(30)19(15)17/h5-9,13H,10-12H2,1-4H3,(H2,27,31). The quantitative estimate of drug-likeness (QED) is 0.643. The molecule has 178 valence electrons. The Labute approximate surface area is 189 Å². The number of rotatable bonds is 7. The van der Waals surface area contributed by atoms with Gasteiger partial charge in [-0.3, -0.25) is 9.78 Å². The fraction of sp³-hybridized carbons (Fsp3) is 0.435. The molecule has 0 spiro atoms. The highest BCUT2D eigenvalue weighted by Crippen LogP contribution is 2.41. The predicted molar refractivity (Wildman–Crippen MR) is 114 cm³/mol. The summed E-state index contributed by atoms with van der Waals surface area (Å²) in [6, 6.07) is 5.13. The van der Waals surface area contributed by atoms with E-state index in [-0.39, 0.29) is 24.0 Å². The van der Waals surface area contributed by atoms with Gasteiger partial charge in [-0.1, -0.05) is 19.9 Å². The second-order valence-corrected chi connectivity index (χ2v) is 8.81. The molecule has 0 saturated carbocycles. The molecule has 1 unspecified atom stereocenters. The van der Waals surface area contributed by atoms with Crippen LogP contribution in [0.2, 0.25) is 0 Å². The number of carbonyl (C=O) groups is 2. The van der Waals surface area contributed by atoms with Crippen LogP contribution in [0.15, 0.2) is 30.5 Å². The summed E-state index contributed by atoms with van der Waals surface area (Å²) >= 11 is 0. The van der Waals surface area contributed by atoms with Gasteiger partial charge in [0.05, 0.1) is 23.4 Å². The van der Waals surface area contributed by atoms with E-state index in [9.17, 15) is 22.8 Å². The smallest absolute Gasteiger partial charge is 0.419 e. The van der Waals surface area contributed by atoms with Crippen LogP contribution in [-0.4, -0.2) is 41.1 Å². The van der Waals surface area contributed by atoms with Crippen molar-refractivity contribution in [2.75, 3.05) is 13.7 Å². The Kier molecular flexibility index (Phi) is 6.58. The molecule has 1 aliphatic heterocycles. The summed E-state index contributed by atoms with van der Waals surface area (Å²) in [4.78, 5) is 29.5. The summed E-state index contributed by atoms with van der Waals surface area (Å²) in [7, 11) is 1.61. The van der Waals surface area contributed by atoms with E-state index in [1.807, 2.05) is 13.8 Å². The second-order valence-electron chi connectivity index (χ2n) is 8.81. The van der Waals surface area contributed by atoms with Crippen molar-refractivity contribution in [2.24, 2.45) is 11.7 Å². The number of alkyl halides is 3. The molecule has 1 atom stereocenters. The molecule has 2 aromatic rings. The summed E-state index contributed by atoms with van der Waals surface area (Å²) in [6.45, 7) is 5.30. The maximum absolute atomic E-state index is 13.9. The maximum atomic E-state index is 13.9. The van der Waals surface area contributed by atoms with Crippen molar-refractivity contribution < 1.29 is 32.2 Å². The Morgan fingerprint density at radius 1 is 1.27 bits per heavy atom. The Morgan fingerprint density at radius 3 is 2.58 bits per heavy atom. The lowest BCUT2D eigenvalue weighted by Gasteiger charge is -2.30. The first-order chi connectivity index (χ1) is 15.3. The van der Waals surface area contributed by atoms with Gasteiger partial charge in [-0.25, -0.2) is 4.79 Å². The zero-order chi connectivity index (χ0) is 24.6. The van der Waals surface area contributed by atoms with Crippen LogP contribution in [0.25, 0.3) is 11.1 Å². The number of primary amides is 1. The van der Waals surface area contributed by atoms with Gasteiger partial charge in [-0.05, 0) is 48.6 Å². The molecule has 10 heteroatoms. The van der Waals surface area contributed by atoms with Gasteiger partial charge in [0.2, 0.25) is 0 Å². The average molecular weight is 465 g/mol. The van der Waals surface area contributed by atoms with Crippen molar-refractivity contribution in [3.8, 4) is 16.9 Å². The Balaban J connectivity index is 1.98. The van der Waals surface area contributed by atoms with Gasteiger partial charge in [-0.2, -0.15) is 13.2 Å². The number of carbonyl (C=O) groups excluding carboxylic acids is 2. The second kappa shape index (κ2) is 8.92. The molecule has 2 heterocycles. The highest BCUT2D eigenvalue weighted by Gasteiger charge is 2.37. The van der Waals surface area contributed by atoms with Gasteiger partial charge in [0.25, 0.3) is 5.91 Å². The third-order valence-electron chi connectivity index (χ3n) is 5.29. The predicted octanol–water partition coefficient (Wildman–Crippen LogP) is 4.63. The lowest BCUT2D eigenvalue weighted by molar-refractivity contribution is -0.139. The molecular formula is C23H26F3N3O4. The fourth-order valence-corrected chi connectivity index (χ4v) is 4.10. The molecule has 7 nitrogen and oxygen atoms in total. The molecule has 0 saturated heterocycles. The number of halogens is 3. The summed E-state index contributed by atoms with van der Waals surface area (Å²) in [6.07, 6.45) is -3.94. The third-order valence-corrected chi connectivity index (χ3v) is 5.29. The lowest BCUT2D eigenvalue weighted by Crippen LogP contribution is -2.41. The molecule has 0 radical (unpaired) electrons. The van der Waals surface area contributed by atoms with Crippen LogP contribution in [-0.2, 0) is 17.5 Å². The zero-order valence-corrected chi connectivity index (χ0v) is 18.8. The van der Waals surface area contributed by atoms with Gasteiger partial charge in [0.1, 0.15) is 18.0 Å². The number of aromatic nitrogens is 1. The molecule has 0 bridgehead atoms. The van der Waals surface area contributed by atoms with E-state index in [0.717, 1.165) is 6.07 Å². The number of ether oxygens (including phenoxy) is 2. The third kappa shape index (κ3) is 5.37. The molecule has 1 aliphatic rings. The van der Waals surface area contributed by atoms with Gasteiger partial charge in [0.15, 0.2) is 0 Å². The first-order valence-corrected chi connectivity index (χ1v) is 10.4. The monoisotopic (exact) mass is 465 g/mol. The number of hydrogen-bond acceptors (Lipinski definition) is 5. The minimum absolute atomic E-state index is 0.0758. The summed E-state index contributed by atoms with van der Waals surface area (Å²) in [5.74, 6) is -0.634. The normalized spacial score (nSPS) is 15.4. The molecule has 3 rings (SSSR count). The van der Waals surface area contributed by atoms with Gasteiger partial charge >= 0.3 is 12.3 Å². The highest BCUT2D eigenvalue weighted by atomic mass is 19.4. The molecule has 2 N–H and O–H groups in total. The first kappa shape index (κ1) is 24.3. The van der Waals surface area contributed by atoms with E-state index >= 15 is 0 Å². The Bertz CT molecular complexity index is 1070. The number of amides is 2. The number of nitrogens with two attached hydrogens (primary N) is 1. The average Bonchev–Trinajstić information content (AvgIpc) is 2.98. The van der Waals surface area contributed by atoms with E-state index in [1.165, 1.54) is 29.3 Å². The lowest BCUT2D eigenvalue weighted by atomic mass is 9.94. The van der Waals surface area contributed by atoms with Gasteiger partial charge in [-0.15, -0.1) is 0 Å². The number of hydrogen-bond donors (Lipinski definition) is 1. The molecule has 1 aromatic carbocycles. The molecule has 1 aromatic heterocycles. The van der Waals surface area contributed by atoms with E-state index in [4.69, 9.17) is 15.2 Å². The Hall–Kier alpha value is -3.30. The van der Waals surface area contributed by atoms with Crippen molar-refractivity contribution in [1.82, 2.24) is 9.88 Å². The van der Waals surface area contributed by atoms with E-state index in [0.29, 0.717) is 29.8 Å². The maximum Gasteiger partial charge on any atom is 0.419 e. The van der Waals surface area contributed by atoms with Crippen molar-refractivity contribution in [1.29, 1.82) is 0 Å². The fourth-order valence-electron chi connectivity index (χ4n) is 4.10. The molecule has 33 heavy (non-hydrogen) atoms. The van der Waals surface area contributed by atoms with Crippen LogP contribution in [0.4, 0.5) is 18.0 Å². The van der Waals surface area contributed by atoms with Crippen LogP contribution in [0.1, 0.15) is 48.8 Å². The van der Waals surface area contributed by atoms with Crippen LogP contribution in [0, 0.1) is 5.92 Å². The van der Waals surface area contributed by atoms with E-state index in [1.54, 1.807) is 14.0 Å². The molecule has 0 aliphatic carbocycles. The largest absolute Gasteiger partial charge is 0.489 e. The van der Waals surface area contributed by atoms with Crippen molar-refractivity contribution >= 4 is 12.0 Å². The summed E-state index contributed by atoms with van der Waals surface area (Å²) < 4.78 is 52.4. The van der Waals surface area contributed by atoms with Crippen molar-refractivity contribution in [3.05, 3.63) is 47.3 Å². The van der Waals surface area contributed by atoms with Crippen LogP contribution < -0.4 is 10.5 Å². The minimum Gasteiger partial charge on any atom is -0.489 e. The summed E-state index contributed by atoms with van der Waals surface area (Å²) in [5, 5.41) is 0. The number of fused-ring (bicyclic) bond motifs is 1. The van der Waals surface area contributed by atoms with E-state index in [2.05, 4.69) is 4.98 Å².